The maximum atomic E-state index is 5.82. The van der Waals surface area contributed by atoms with E-state index in [-0.39, 0.29) is 0 Å². The van der Waals surface area contributed by atoms with E-state index >= 15 is 0 Å². The number of nitrogens with two attached hydrogens (primary N) is 1. The first-order valence-corrected chi connectivity index (χ1v) is 6.19. The molecule has 1 aliphatic heterocycles. The number of piperidine rings is 1. The van der Waals surface area contributed by atoms with Crippen molar-refractivity contribution >= 4 is 11.6 Å². The van der Waals surface area contributed by atoms with Crippen LogP contribution in [0.1, 0.15) is 32.6 Å². The molecule has 2 rings (SSSR count). The number of nitrogen functional groups attached to an aromatic ring is 1. The number of rotatable bonds is 3. The first-order chi connectivity index (χ1) is 8.27. The van der Waals surface area contributed by atoms with Crippen molar-refractivity contribution < 1.29 is 4.74 Å². The van der Waals surface area contributed by atoms with Crippen molar-refractivity contribution in [3.8, 4) is 5.75 Å². The molecule has 0 spiro atoms. The Kier molecular flexibility index (Phi) is 3.66. The molecule has 2 N–H and O–H groups in total. The van der Waals surface area contributed by atoms with Gasteiger partial charge in [0, 0.05) is 12.6 Å². The van der Waals surface area contributed by atoms with E-state index in [2.05, 4.69) is 21.8 Å². The van der Waals surface area contributed by atoms with Crippen LogP contribution in [-0.4, -0.2) is 29.7 Å². The molecule has 0 radical (unpaired) electrons. The van der Waals surface area contributed by atoms with Gasteiger partial charge >= 0.3 is 0 Å². The van der Waals surface area contributed by atoms with Crippen molar-refractivity contribution in [2.75, 3.05) is 24.3 Å². The lowest BCUT2D eigenvalue weighted by molar-refractivity contribution is 0.399. The van der Waals surface area contributed by atoms with Crippen LogP contribution in [0, 0.1) is 0 Å². The SMILES string of the molecule is CCC1CCCCN1c1ncnc(N)c1OC. The number of hydrogen-bond donors (Lipinski definition) is 1. The maximum Gasteiger partial charge on any atom is 0.204 e. The Morgan fingerprint density at radius 3 is 3.00 bits per heavy atom. The molecule has 1 atom stereocenters. The highest BCUT2D eigenvalue weighted by Gasteiger charge is 2.25. The van der Waals surface area contributed by atoms with Crippen LogP contribution in [-0.2, 0) is 0 Å². The number of hydrogen-bond acceptors (Lipinski definition) is 5. The van der Waals surface area contributed by atoms with E-state index in [4.69, 9.17) is 10.5 Å². The van der Waals surface area contributed by atoms with Crippen molar-refractivity contribution in [1.82, 2.24) is 9.97 Å². The summed E-state index contributed by atoms with van der Waals surface area (Å²) in [7, 11) is 1.61. The predicted octanol–water partition coefficient (Wildman–Crippen LogP) is 1.84. The molecule has 1 aromatic heterocycles. The molecule has 1 fully saturated rings. The normalized spacial score (nSPS) is 20.4. The van der Waals surface area contributed by atoms with Crippen LogP contribution < -0.4 is 15.4 Å². The van der Waals surface area contributed by atoms with E-state index in [0.717, 1.165) is 18.8 Å². The minimum atomic E-state index is 0.415. The summed E-state index contributed by atoms with van der Waals surface area (Å²) in [4.78, 5) is 10.6. The average molecular weight is 236 g/mol. The van der Waals surface area contributed by atoms with Gasteiger partial charge in [0.05, 0.1) is 7.11 Å². The van der Waals surface area contributed by atoms with Gasteiger partial charge in [-0.2, -0.15) is 0 Å². The van der Waals surface area contributed by atoms with Crippen LogP contribution in [0.3, 0.4) is 0 Å². The van der Waals surface area contributed by atoms with Gasteiger partial charge in [-0.3, -0.25) is 0 Å². The Labute approximate surface area is 102 Å². The van der Waals surface area contributed by atoms with Crippen LogP contribution in [0.5, 0.6) is 5.75 Å². The van der Waals surface area contributed by atoms with Gasteiger partial charge in [0.2, 0.25) is 5.75 Å². The minimum Gasteiger partial charge on any atom is -0.490 e. The molecule has 0 bridgehead atoms. The molecule has 94 valence electrons. The fourth-order valence-corrected chi connectivity index (χ4v) is 2.48. The Hall–Kier alpha value is -1.52. The summed E-state index contributed by atoms with van der Waals surface area (Å²) in [6.07, 6.45) is 6.33. The lowest BCUT2D eigenvalue weighted by Gasteiger charge is -2.36. The standard InChI is InChI=1S/C12H20N4O/c1-3-9-6-4-5-7-16(9)12-10(17-2)11(13)14-8-15-12/h8-9H,3-7H2,1-2H3,(H2,13,14,15). The molecule has 2 heterocycles. The van der Waals surface area contributed by atoms with Crippen molar-refractivity contribution in [2.45, 2.75) is 38.6 Å². The molecule has 0 saturated carbocycles. The van der Waals surface area contributed by atoms with E-state index in [1.54, 1.807) is 7.11 Å². The summed E-state index contributed by atoms with van der Waals surface area (Å²) in [6, 6.07) is 0.534. The largest absolute Gasteiger partial charge is 0.490 e. The van der Waals surface area contributed by atoms with E-state index in [9.17, 15) is 0 Å². The van der Waals surface area contributed by atoms with Gasteiger partial charge in [-0.15, -0.1) is 0 Å². The molecule has 0 aromatic carbocycles. The minimum absolute atomic E-state index is 0.415. The first-order valence-electron chi connectivity index (χ1n) is 6.19. The molecule has 1 aromatic rings. The molecule has 0 aliphatic carbocycles. The number of methoxy groups -OCH3 is 1. The Morgan fingerprint density at radius 1 is 1.47 bits per heavy atom. The van der Waals surface area contributed by atoms with Gasteiger partial charge in [-0.25, -0.2) is 9.97 Å². The van der Waals surface area contributed by atoms with Gasteiger partial charge in [0.15, 0.2) is 11.6 Å². The fraction of sp³-hybridized carbons (Fsp3) is 0.667. The quantitative estimate of drug-likeness (QED) is 0.867. The summed E-state index contributed by atoms with van der Waals surface area (Å²) >= 11 is 0. The van der Waals surface area contributed by atoms with Gasteiger partial charge in [0.1, 0.15) is 6.33 Å². The maximum absolute atomic E-state index is 5.82. The molecule has 17 heavy (non-hydrogen) atoms. The van der Waals surface area contributed by atoms with Crippen LogP contribution in [0.25, 0.3) is 0 Å². The lowest BCUT2D eigenvalue weighted by atomic mass is 10.00. The molecule has 5 heteroatoms. The van der Waals surface area contributed by atoms with Crippen LogP contribution >= 0.6 is 0 Å². The molecule has 1 unspecified atom stereocenters. The van der Waals surface area contributed by atoms with Gasteiger partial charge in [0.25, 0.3) is 0 Å². The zero-order chi connectivity index (χ0) is 12.3. The van der Waals surface area contributed by atoms with Crippen molar-refractivity contribution in [1.29, 1.82) is 0 Å². The number of ether oxygens (including phenoxy) is 1. The highest BCUT2D eigenvalue weighted by atomic mass is 16.5. The van der Waals surface area contributed by atoms with E-state index in [0.29, 0.717) is 17.6 Å². The second-order valence-corrected chi connectivity index (χ2v) is 4.37. The van der Waals surface area contributed by atoms with E-state index in [1.807, 2.05) is 0 Å². The first kappa shape index (κ1) is 12.0. The predicted molar refractivity (Wildman–Crippen MR) is 68.3 cm³/mol. The van der Waals surface area contributed by atoms with Crippen LogP contribution in [0.2, 0.25) is 0 Å². The Bertz CT molecular complexity index is 383. The highest BCUT2D eigenvalue weighted by molar-refractivity contribution is 5.63. The third kappa shape index (κ3) is 2.28. The number of nitrogens with zero attached hydrogens (tertiary/aromatic N) is 3. The average Bonchev–Trinajstić information content (AvgIpc) is 2.38. The second-order valence-electron chi connectivity index (χ2n) is 4.37. The van der Waals surface area contributed by atoms with Crippen molar-refractivity contribution in [3.05, 3.63) is 6.33 Å². The van der Waals surface area contributed by atoms with Crippen molar-refractivity contribution in [3.63, 3.8) is 0 Å². The monoisotopic (exact) mass is 236 g/mol. The van der Waals surface area contributed by atoms with E-state index in [1.165, 1.54) is 25.6 Å². The summed E-state index contributed by atoms with van der Waals surface area (Å²) in [5, 5.41) is 0. The fourth-order valence-electron chi connectivity index (χ4n) is 2.48. The van der Waals surface area contributed by atoms with Crippen LogP contribution in [0.15, 0.2) is 6.33 Å². The van der Waals surface area contributed by atoms with Gasteiger partial charge in [-0.05, 0) is 25.7 Å². The topological polar surface area (TPSA) is 64.3 Å². The van der Waals surface area contributed by atoms with E-state index < -0.39 is 0 Å². The molecular weight excluding hydrogens is 216 g/mol. The molecule has 1 aliphatic rings. The molecule has 0 amide bonds. The number of anilines is 2. The molecule has 1 saturated heterocycles. The third-order valence-corrected chi connectivity index (χ3v) is 3.39. The number of aromatic nitrogens is 2. The summed E-state index contributed by atoms with van der Waals surface area (Å²) in [6.45, 7) is 3.23. The zero-order valence-electron chi connectivity index (χ0n) is 10.5. The zero-order valence-corrected chi connectivity index (χ0v) is 10.5. The molecule has 5 nitrogen and oxygen atoms in total. The summed E-state index contributed by atoms with van der Waals surface area (Å²) < 4.78 is 5.33. The Morgan fingerprint density at radius 2 is 2.29 bits per heavy atom. The second kappa shape index (κ2) is 5.21. The Balaban J connectivity index is 2.34. The smallest absolute Gasteiger partial charge is 0.204 e. The summed E-state index contributed by atoms with van der Waals surface area (Å²) in [5.41, 5.74) is 5.82. The molecular formula is C12H20N4O. The van der Waals surface area contributed by atoms with Gasteiger partial charge < -0.3 is 15.4 Å². The van der Waals surface area contributed by atoms with Crippen molar-refractivity contribution in [2.24, 2.45) is 0 Å². The van der Waals surface area contributed by atoms with Crippen LogP contribution in [0.4, 0.5) is 11.6 Å². The third-order valence-electron chi connectivity index (χ3n) is 3.39. The van der Waals surface area contributed by atoms with Gasteiger partial charge in [-0.1, -0.05) is 6.92 Å². The highest BCUT2D eigenvalue weighted by Crippen LogP contribution is 2.34. The summed E-state index contributed by atoms with van der Waals surface area (Å²) in [5.74, 6) is 1.86. The lowest BCUT2D eigenvalue weighted by Crippen LogP contribution is -2.40.